The number of aliphatic hydroxyl groups is 3. The van der Waals surface area contributed by atoms with Crippen molar-refractivity contribution in [1.29, 1.82) is 0 Å². The van der Waals surface area contributed by atoms with Crippen molar-refractivity contribution in [2.75, 3.05) is 73.2 Å². The highest BCUT2D eigenvalue weighted by molar-refractivity contribution is 5.90. The second kappa shape index (κ2) is 33.9. The smallest absolute Gasteiger partial charge is 0.303 e. The number of nitrogens with one attached hydrogen (secondary N) is 8. The van der Waals surface area contributed by atoms with Gasteiger partial charge in [0.2, 0.25) is 23.6 Å². The molecule has 0 aromatic carbocycles. The number of aliphatic carboxylic acids is 1. The highest BCUT2D eigenvalue weighted by atomic mass is 16.4. The van der Waals surface area contributed by atoms with Gasteiger partial charge < -0.3 is 68.4 Å². The van der Waals surface area contributed by atoms with E-state index in [1.807, 2.05) is 39.1 Å². The molecule has 53 heavy (non-hydrogen) atoms. The monoisotopic (exact) mass is 758 g/mol. The van der Waals surface area contributed by atoms with E-state index < -0.39 is 30.0 Å². The number of aromatic nitrogens is 1. The first kappa shape index (κ1) is 51.2. The van der Waals surface area contributed by atoms with E-state index in [1.165, 1.54) is 0 Å². The molecule has 0 aliphatic rings. The Bertz CT molecular complexity index is 1180. The van der Waals surface area contributed by atoms with Gasteiger partial charge in [0.1, 0.15) is 6.04 Å². The molecular weight excluding hydrogens is 690 g/mol. The first-order chi connectivity index (χ1) is 25.6. The maximum atomic E-state index is 13.7. The van der Waals surface area contributed by atoms with Gasteiger partial charge in [0, 0.05) is 78.1 Å². The third-order valence-electron chi connectivity index (χ3n) is 7.58. The molecule has 0 bridgehead atoms. The molecule has 0 fully saturated rings. The number of allylic oxidation sites excluding steroid dienone is 1. The van der Waals surface area contributed by atoms with Crippen LogP contribution in [0.25, 0.3) is 6.08 Å². The molecule has 18 heteroatoms. The molecule has 0 aliphatic carbocycles. The number of hydrogen-bond acceptors (Lipinski definition) is 12. The van der Waals surface area contributed by atoms with Crippen LogP contribution in [0.1, 0.15) is 69.2 Å². The molecule has 306 valence electrons. The van der Waals surface area contributed by atoms with Gasteiger partial charge in [-0.2, -0.15) is 0 Å². The van der Waals surface area contributed by atoms with Crippen molar-refractivity contribution in [3.8, 4) is 0 Å². The Kier molecular flexibility index (Phi) is 32.7. The Morgan fingerprint density at radius 2 is 1.57 bits per heavy atom. The van der Waals surface area contributed by atoms with Crippen LogP contribution >= 0.6 is 0 Å². The minimum absolute atomic E-state index is 0.00748. The van der Waals surface area contributed by atoms with Crippen molar-refractivity contribution in [2.45, 2.75) is 83.8 Å². The number of carboxylic acid groups (broad SMARTS) is 1. The number of rotatable bonds is 28. The zero-order valence-corrected chi connectivity index (χ0v) is 32.2. The van der Waals surface area contributed by atoms with Crippen LogP contribution in [0.2, 0.25) is 0 Å². The Labute approximate surface area is 313 Å². The molecule has 4 amide bonds. The third-order valence-corrected chi connectivity index (χ3v) is 7.58. The van der Waals surface area contributed by atoms with Gasteiger partial charge in [0.15, 0.2) is 0 Å². The highest BCUT2D eigenvalue weighted by Crippen LogP contribution is 2.18. The number of aliphatic hydroxyl groups excluding tert-OH is 3. The maximum absolute atomic E-state index is 13.7. The van der Waals surface area contributed by atoms with Crippen LogP contribution in [0, 0.1) is 6.92 Å². The third kappa shape index (κ3) is 24.9. The van der Waals surface area contributed by atoms with Gasteiger partial charge in [-0.05, 0) is 56.8 Å². The summed E-state index contributed by atoms with van der Waals surface area (Å²) in [5.74, 6) is -2.34. The number of carboxylic acids is 1. The molecule has 1 aromatic rings. The molecule has 3 atom stereocenters. The summed E-state index contributed by atoms with van der Waals surface area (Å²) >= 11 is 0. The van der Waals surface area contributed by atoms with Crippen molar-refractivity contribution in [3.05, 3.63) is 29.1 Å². The summed E-state index contributed by atoms with van der Waals surface area (Å²) in [5, 5.41) is 53.1. The summed E-state index contributed by atoms with van der Waals surface area (Å²) in [6.07, 6.45) is 7.53. The quantitative estimate of drug-likeness (QED) is 0.0407. The van der Waals surface area contributed by atoms with Gasteiger partial charge in [-0.3, -0.25) is 24.0 Å². The first-order valence-electron chi connectivity index (χ1n) is 18.1. The minimum atomic E-state index is -0.992. The lowest BCUT2D eigenvalue weighted by molar-refractivity contribution is -0.137. The molecule has 1 heterocycles. The number of likely N-dealkylation sites (N-methyl/N-ethyl adjacent to an activating group) is 1. The fraction of sp³-hybridized carbons (Fsp3) is 0.686. The molecular formula is C35H67N9O9. The lowest BCUT2D eigenvalue weighted by atomic mass is 10.0. The standard InChI is InChI=1S/C33H59N9O7.2CH4O/c1-4-6-8-26-23(3)40-20-24(26)19-28(32(48)39-15-11-25(22-43)41-29(44)9-7-10-31(46)47)42-33(49)27(12-14-36-16-13-34)37-17-18-38-30(45)21-35-5-2;2*1-2/h6,8,20,25,27-28,35-37,40,43H,4-5,7,9-19,21-22,34H2,1-3H3,(H,38,45)(H,39,48)(H,41,44)(H,42,49)(H,46,47);2*2H,1H3/b8-6-;;/t25-,27+,28-;;/m1../s1. The highest BCUT2D eigenvalue weighted by Gasteiger charge is 2.27. The molecule has 0 saturated heterocycles. The number of H-pyrrole nitrogens is 1. The number of carbonyl (C=O) groups excluding carboxylic acids is 4. The van der Waals surface area contributed by atoms with E-state index in [2.05, 4.69) is 42.2 Å². The summed E-state index contributed by atoms with van der Waals surface area (Å²) < 4.78 is 0. The zero-order valence-electron chi connectivity index (χ0n) is 32.2. The molecule has 0 radical (unpaired) electrons. The van der Waals surface area contributed by atoms with Crippen LogP contribution in [-0.4, -0.2) is 146 Å². The van der Waals surface area contributed by atoms with Crippen molar-refractivity contribution in [3.63, 3.8) is 0 Å². The Morgan fingerprint density at radius 1 is 0.849 bits per heavy atom. The van der Waals surface area contributed by atoms with Crippen LogP contribution in [0.15, 0.2) is 12.3 Å². The molecule has 1 aromatic heterocycles. The predicted octanol–water partition coefficient (Wildman–Crippen LogP) is -2.15. The van der Waals surface area contributed by atoms with E-state index in [0.717, 1.165) is 37.5 Å². The van der Waals surface area contributed by atoms with E-state index in [4.69, 9.17) is 21.1 Å². The Morgan fingerprint density at radius 3 is 2.19 bits per heavy atom. The second-order valence-electron chi connectivity index (χ2n) is 11.7. The molecule has 0 spiro atoms. The van der Waals surface area contributed by atoms with Gasteiger partial charge in [-0.15, -0.1) is 0 Å². The average molecular weight is 758 g/mol. The van der Waals surface area contributed by atoms with Gasteiger partial charge >= 0.3 is 5.97 Å². The number of amides is 4. The van der Waals surface area contributed by atoms with Gasteiger partial charge in [-0.25, -0.2) is 0 Å². The molecule has 0 saturated carbocycles. The van der Waals surface area contributed by atoms with Crippen LogP contribution in [0.5, 0.6) is 0 Å². The number of hydrogen-bond donors (Lipinski definition) is 13. The summed E-state index contributed by atoms with van der Waals surface area (Å²) in [5.41, 5.74) is 8.31. The summed E-state index contributed by atoms with van der Waals surface area (Å²) in [4.78, 5) is 65.3. The van der Waals surface area contributed by atoms with Crippen molar-refractivity contribution < 1.29 is 44.4 Å². The van der Waals surface area contributed by atoms with Crippen LogP contribution in [0.4, 0.5) is 0 Å². The van der Waals surface area contributed by atoms with E-state index in [1.54, 1.807) is 0 Å². The van der Waals surface area contributed by atoms with Crippen molar-refractivity contribution in [2.24, 2.45) is 5.73 Å². The minimum Gasteiger partial charge on any atom is -0.481 e. The second-order valence-corrected chi connectivity index (χ2v) is 11.7. The van der Waals surface area contributed by atoms with Crippen LogP contribution < -0.4 is 43.0 Å². The van der Waals surface area contributed by atoms with Crippen LogP contribution in [-0.2, 0) is 30.4 Å². The Balaban J connectivity index is 0. The molecule has 0 aliphatic heterocycles. The van der Waals surface area contributed by atoms with Crippen molar-refractivity contribution in [1.82, 2.24) is 42.2 Å². The van der Waals surface area contributed by atoms with E-state index in [0.29, 0.717) is 45.7 Å². The van der Waals surface area contributed by atoms with Gasteiger partial charge in [0.05, 0.1) is 25.2 Å². The lowest BCUT2D eigenvalue weighted by Crippen LogP contribution is -2.55. The number of nitrogens with two attached hydrogens (primary N) is 1. The number of aromatic amines is 1. The fourth-order valence-electron chi connectivity index (χ4n) is 4.88. The lowest BCUT2D eigenvalue weighted by Gasteiger charge is -2.24. The molecule has 14 N–H and O–H groups in total. The zero-order chi connectivity index (χ0) is 40.4. The van der Waals surface area contributed by atoms with E-state index in [9.17, 15) is 29.1 Å². The number of aryl methyl sites for hydroxylation is 1. The molecule has 18 nitrogen and oxygen atoms in total. The van der Waals surface area contributed by atoms with Crippen LogP contribution in [0.3, 0.4) is 0 Å². The molecule has 1 rings (SSSR count). The normalized spacial score (nSPS) is 12.3. The Hall–Kier alpha value is -3.91. The maximum Gasteiger partial charge on any atom is 0.303 e. The SMILES string of the molecule is CC/C=C\c1c(C[C@@H](NC(=O)[C@H](CCNCCN)NCCNC(=O)CNCC)C(=O)NCC[C@H](CO)NC(=O)CCCC(=O)O)c[nH]c1C.CO.CO. The summed E-state index contributed by atoms with van der Waals surface area (Å²) in [6, 6.07) is -2.26. The number of carbonyl (C=O) groups is 5. The largest absolute Gasteiger partial charge is 0.481 e. The predicted molar refractivity (Wildman–Crippen MR) is 205 cm³/mol. The van der Waals surface area contributed by atoms with E-state index in [-0.39, 0.29) is 69.5 Å². The topological polar surface area (TPSA) is 292 Å². The fourth-order valence-corrected chi connectivity index (χ4v) is 4.88. The first-order valence-corrected chi connectivity index (χ1v) is 18.1. The van der Waals surface area contributed by atoms with Crippen molar-refractivity contribution >= 4 is 35.7 Å². The summed E-state index contributed by atoms with van der Waals surface area (Å²) in [6.45, 7) is 8.65. The van der Waals surface area contributed by atoms with Gasteiger partial charge in [-0.1, -0.05) is 26.0 Å². The van der Waals surface area contributed by atoms with Gasteiger partial charge in [0.25, 0.3) is 0 Å². The molecule has 0 unspecified atom stereocenters. The average Bonchev–Trinajstić information content (AvgIpc) is 3.50. The summed E-state index contributed by atoms with van der Waals surface area (Å²) in [7, 11) is 2.00. The van der Waals surface area contributed by atoms with E-state index >= 15 is 0 Å².